The van der Waals surface area contributed by atoms with E-state index in [-0.39, 0.29) is 0 Å². The monoisotopic (exact) mass is 253 g/mol. The van der Waals surface area contributed by atoms with E-state index in [1.54, 1.807) is 7.11 Å². The lowest BCUT2D eigenvalue weighted by Gasteiger charge is -2.29. The Morgan fingerprint density at radius 1 is 1.33 bits per heavy atom. The van der Waals surface area contributed by atoms with E-state index in [1.807, 2.05) is 13.8 Å². The Labute approximate surface area is 109 Å². The van der Waals surface area contributed by atoms with Crippen LogP contribution in [-0.2, 0) is 4.74 Å². The van der Waals surface area contributed by atoms with Crippen molar-refractivity contribution in [1.29, 1.82) is 0 Å². The summed E-state index contributed by atoms with van der Waals surface area (Å²) in [6.45, 7) is 9.52. The van der Waals surface area contributed by atoms with Crippen LogP contribution < -0.4 is 16.2 Å². The van der Waals surface area contributed by atoms with E-state index in [2.05, 4.69) is 34.1 Å². The fraction of sp³-hybridized carbons (Fsp3) is 0.667. The number of nitrogens with one attached hydrogen (secondary N) is 1. The van der Waals surface area contributed by atoms with E-state index in [0.717, 1.165) is 17.9 Å². The molecule has 1 aromatic heterocycles. The molecule has 0 spiro atoms. The maximum atomic E-state index is 5.48. The fourth-order valence-electron chi connectivity index (χ4n) is 1.83. The van der Waals surface area contributed by atoms with E-state index in [0.29, 0.717) is 24.3 Å². The minimum Gasteiger partial charge on any atom is -0.383 e. The van der Waals surface area contributed by atoms with Crippen LogP contribution in [0.2, 0.25) is 0 Å². The van der Waals surface area contributed by atoms with Gasteiger partial charge in [-0.05, 0) is 27.7 Å². The normalized spacial score (nSPS) is 10.8. The number of hydrogen-bond donors (Lipinski definition) is 2. The van der Waals surface area contributed by atoms with E-state index < -0.39 is 0 Å². The summed E-state index contributed by atoms with van der Waals surface area (Å²) in [6, 6.07) is 0.332. The fourth-order valence-corrected chi connectivity index (χ4v) is 1.83. The predicted molar refractivity (Wildman–Crippen MR) is 73.7 cm³/mol. The summed E-state index contributed by atoms with van der Waals surface area (Å²) in [5.74, 6) is 7.75. The number of rotatable bonds is 6. The predicted octanol–water partition coefficient (Wildman–Crippen LogP) is 1.24. The number of methoxy groups -OCH3 is 1. The van der Waals surface area contributed by atoms with Crippen LogP contribution in [0.4, 0.5) is 11.6 Å². The van der Waals surface area contributed by atoms with Crippen LogP contribution in [0, 0.1) is 13.8 Å². The number of anilines is 2. The highest BCUT2D eigenvalue weighted by molar-refractivity contribution is 5.58. The van der Waals surface area contributed by atoms with Crippen LogP contribution in [0.1, 0.15) is 25.2 Å². The molecule has 0 aliphatic heterocycles. The van der Waals surface area contributed by atoms with Crippen molar-refractivity contribution in [2.75, 3.05) is 30.6 Å². The van der Waals surface area contributed by atoms with E-state index in [9.17, 15) is 0 Å². The molecule has 1 aromatic rings. The highest BCUT2D eigenvalue weighted by atomic mass is 16.5. The number of nitrogens with zero attached hydrogens (tertiary/aromatic N) is 3. The Morgan fingerprint density at radius 3 is 2.50 bits per heavy atom. The van der Waals surface area contributed by atoms with Crippen molar-refractivity contribution in [3.8, 4) is 0 Å². The summed E-state index contributed by atoms with van der Waals surface area (Å²) in [5, 5.41) is 0. The van der Waals surface area contributed by atoms with Gasteiger partial charge in [0.25, 0.3) is 0 Å². The van der Waals surface area contributed by atoms with Crippen LogP contribution in [0.3, 0.4) is 0 Å². The molecule has 0 atom stereocenters. The van der Waals surface area contributed by atoms with Crippen LogP contribution in [-0.4, -0.2) is 36.3 Å². The molecule has 0 aromatic carbocycles. The van der Waals surface area contributed by atoms with Gasteiger partial charge in [0.2, 0.25) is 0 Å². The number of hydrazine groups is 1. The molecule has 102 valence electrons. The van der Waals surface area contributed by atoms with Gasteiger partial charge in [-0.2, -0.15) is 0 Å². The topological polar surface area (TPSA) is 76.3 Å². The van der Waals surface area contributed by atoms with Gasteiger partial charge >= 0.3 is 0 Å². The zero-order valence-corrected chi connectivity index (χ0v) is 11.8. The highest BCUT2D eigenvalue weighted by Gasteiger charge is 2.17. The Balaban J connectivity index is 3.14. The molecule has 0 radical (unpaired) electrons. The summed E-state index contributed by atoms with van der Waals surface area (Å²) < 4.78 is 5.15. The van der Waals surface area contributed by atoms with Gasteiger partial charge < -0.3 is 15.1 Å². The SMILES string of the molecule is COCCN(c1nc(C)nc(NN)c1C)C(C)C. The van der Waals surface area contributed by atoms with Crippen LogP contribution in [0.25, 0.3) is 0 Å². The third-order valence-corrected chi connectivity index (χ3v) is 2.80. The summed E-state index contributed by atoms with van der Waals surface area (Å²) in [6.07, 6.45) is 0. The molecule has 1 heterocycles. The molecule has 18 heavy (non-hydrogen) atoms. The lowest BCUT2D eigenvalue weighted by atomic mass is 10.2. The lowest BCUT2D eigenvalue weighted by molar-refractivity contribution is 0.203. The molecular weight excluding hydrogens is 230 g/mol. The molecule has 0 bridgehead atoms. The lowest BCUT2D eigenvalue weighted by Crippen LogP contribution is -2.35. The number of nitrogen functional groups attached to an aromatic ring is 1. The van der Waals surface area contributed by atoms with E-state index in [4.69, 9.17) is 10.6 Å². The third-order valence-electron chi connectivity index (χ3n) is 2.80. The number of nitrogens with two attached hydrogens (primary N) is 1. The first-order chi connectivity index (χ1) is 8.51. The second-order valence-corrected chi connectivity index (χ2v) is 4.49. The van der Waals surface area contributed by atoms with Crippen molar-refractivity contribution in [3.63, 3.8) is 0 Å². The number of aryl methyl sites for hydroxylation is 1. The van der Waals surface area contributed by atoms with E-state index in [1.165, 1.54) is 0 Å². The molecule has 6 heteroatoms. The zero-order chi connectivity index (χ0) is 13.7. The number of ether oxygens (including phenoxy) is 1. The van der Waals surface area contributed by atoms with E-state index >= 15 is 0 Å². The van der Waals surface area contributed by atoms with Crippen molar-refractivity contribution >= 4 is 11.6 Å². The Bertz CT molecular complexity index is 394. The van der Waals surface area contributed by atoms with Gasteiger partial charge in [-0.25, -0.2) is 15.8 Å². The Hall–Kier alpha value is -1.40. The molecule has 0 fully saturated rings. The molecule has 1 rings (SSSR count). The molecule has 0 saturated carbocycles. The largest absolute Gasteiger partial charge is 0.383 e. The second-order valence-electron chi connectivity index (χ2n) is 4.49. The van der Waals surface area contributed by atoms with Crippen LogP contribution in [0.15, 0.2) is 0 Å². The van der Waals surface area contributed by atoms with Gasteiger partial charge in [-0.3, -0.25) is 0 Å². The molecule has 6 nitrogen and oxygen atoms in total. The zero-order valence-electron chi connectivity index (χ0n) is 11.8. The maximum absolute atomic E-state index is 5.48. The summed E-state index contributed by atoms with van der Waals surface area (Å²) >= 11 is 0. The Kier molecular flexibility index (Phi) is 5.30. The average molecular weight is 253 g/mol. The van der Waals surface area contributed by atoms with Crippen molar-refractivity contribution in [3.05, 3.63) is 11.4 Å². The van der Waals surface area contributed by atoms with Crippen molar-refractivity contribution in [2.24, 2.45) is 5.84 Å². The first-order valence-corrected chi connectivity index (χ1v) is 6.08. The van der Waals surface area contributed by atoms with Crippen molar-refractivity contribution < 1.29 is 4.74 Å². The van der Waals surface area contributed by atoms with Crippen molar-refractivity contribution in [2.45, 2.75) is 33.7 Å². The quantitative estimate of drug-likeness (QED) is 0.587. The second kappa shape index (κ2) is 6.51. The smallest absolute Gasteiger partial charge is 0.148 e. The molecule has 0 saturated heterocycles. The first-order valence-electron chi connectivity index (χ1n) is 6.08. The molecular formula is C12H23N5O. The minimum atomic E-state index is 0.332. The molecule has 0 aliphatic rings. The summed E-state index contributed by atoms with van der Waals surface area (Å²) in [4.78, 5) is 11.0. The highest BCUT2D eigenvalue weighted by Crippen LogP contribution is 2.24. The molecule has 0 amide bonds. The molecule has 3 N–H and O–H groups in total. The maximum Gasteiger partial charge on any atom is 0.148 e. The first kappa shape index (κ1) is 14.7. The third kappa shape index (κ3) is 3.30. The average Bonchev–Trinajstić information content (AvgIpc) is 2.32. The van der Waals surface area contributed by atoms with Gasteiger partial charge in [0, 0.05) is 25.3 Å². The van der Waals surface area contributed by atoms with Gasteiger partial charge in [-0.15, -0.1) is 0 Å². The van der Waals surface area contributed by atoms with Gasteiger partial charge in [0.05, 0.1) is 6.61 Å². The summed E-state index contributed by atoms with van der Waals surface area (Å²) in [5.41, 5.74) is 3.57. The number of aromatic nitrogens is 2. The Morgan fingerprint density at radius 2 is 2.00 bits per heavy atom. The molecule has 0 unspecified atom stereocenters. The van der Waals surface area contributed by atoms with Crippen molar-refractivity contribution in [1.82, 2.24) is 9.97 Å². The number of hydrogen-bond acceptors (Lipinski definition) is 6. The van der Waals surface area contributed by atoms with Gasteiger partial charge in [-0.1, -0.05) is 0 Å². The van der Waals surface area contributed by atoms with Gasteiger partial charge in [0.1, 0.15) is 17.5 Å². The standard InChI is InChI=1S/C12H23N5O/c1-8(2)17(6-7-18-5)12-9(3)11(16-13)14-10(4)15-12/h8H,6-7,13H2,1-5H3,(H,14,15,16). The molecule has 0 aliphatic carbocycles. The summed E-state index contributed by atoms with van der Waals surface area (Å²) in [7, 11) is 1.70. The van der Waals surface area contributed by atoms with Gasteiger partial charge in [0.15, 0.2) is 0 Å². The van der Waals surface area contributed by atoms with Crippen LogP contribution >= 0.6 is 0 Å². The van der Waals surface area contributed by atoms with Crippen LogP contribution in [0.5, 0.6) is 0 Å². The minimum absolute atomic E-state index is 0.332.